The second-order valence-electron chi connectivity index (χ2n) is 17.7. The van der Waals surface area contributed by atoms with E-state index in [0.717, 1.165) is 55.6 Å². The molecule has 8 heteroatoms. The first kappa shape index (κ1) is 44.5. The van der Waals surface area contributed by atoms with E-state index in [1.165, 1.54) is 11.1 Å². The van der Waals surface area contributed by atoms with Crippen LogP contribution in [0.3, 0.4) is 0 Å². The maximum atomic E-state index is 7.21. The Morgan fingerprint density at radius 2 is 0.583 bits per heavy atom. The van der Waals surface area contributed by atoms with Gasteiger partial charge in [-0.05, 0) is 146 Å². The first-order valence-electron chi connectivity index (χ1n) is 20.5. The summed E-state index contributed by atoms with van der Waals surface area (Å²) >= 11 is 0. The molecule has 0 aliphatic carbocycles. The summed E-state index contributed by atoms with van der Waals surface area (Å²) in [7, 11) is -4.06. The molecule has 6 aromatic carbocycles. The Balaban J connectivity index is 1.62. The minimum Gasteiger partial charge on any atom is -0.408 e. The molecule has 0 aliphatic rings. The van der Waals surface area contributed by atoms with Crippen molar-refractivity contribution in [3.63, 3.8) is 0 Å². The van der Waals surface area contributed by atoms with Crippen molar-refractivity contribution in [1.82, 2.24) is 0 Å². The van der Waals surface area contributed by atoms with E-state index in [0.29, 0.717) is 34.5 Å². The number of hydrogen-bond acceptors (Lipinski definition) is 6. The van der Waals surface area contributed by atoms with Crippen LogP contribution in [-0.4, -0.2) is 0 Å². The fourth-order valence-corrected chi connectivity index (χ4v) is 9.85. The SMILES string of the molecule is Cc1ccccc1OP(Oc1ccccc1C)Oc1c(C)cc(C(C)(C)C)c(C)c1-c1c(C)c(C(C)(C)C)cc(C)c1OP(Oc1ccccc1C)Oc1ccccc1C. The Hall–Kier alpha value is -5.02. The van der Waals surface area contributed by atoms with E-state index in [-0.39, 0.29) is 10.8 Å². The molecule has 0 N–H and O–H groups in total. The molecule has 6 aromatic rings. The molecule has 0 radical (unpaired) electrons. The van der Waals surface area contributed by atoms with Crippen molar-refractivity contribution >= 4 is 17.2 Å². The molecule has 0 unspecified atom stereocenters. The van der Waals surface area contributed by atoms with Crippen molar-refractivity contribution in [3.8, 4) is 45.6 Å². The van der Waals surface area contributed by atoms with Gasteiger partial charge in [0.05, 0.1) is 0 Å². The summed E-state index contributed by atoms with van der Waals surface area (Å²) in [6, 6.07) is 36.3. The van der Waals surface area contributed by atoms with E-state index in [9.17, 15) is 0 Å². The number of benzene rings is 6. The van der Waals surface area contributed by atoms with Gasteiger partial charge in [0.15, 0.2) is 0 Å². The smallest absolute Gasteiger partial charge is 0.408 e. The molecule has 0 spiro atoms. The van der Waals surface area contributed by atoms with Gasteiger partial charge in [-0.2, -0.15) is 0 Å². The largest absolute Gasteiger partial charge is 0.530 e. The normalized spacial score (nSPS) is 11.8. The van der Waals surface area contributed by atoms with Crippen LogP contribution in [0.25, 0.3) is 11.1 Å². The predicted octanol–water partition coefficient (Wildman–Crippen LogP) is 15.9. The average Bonchev–Trinajstić information content (AvgIpc) is 3.17. The first-order chi connectivity index (χ1) is 28.3. The van der Waals surface area contributed by atoms with Crippen LogP contribution in [0, 0.1) is 55.4 Å². The van der Waals surface area contributed by atoms with E-state index in [2.05, 4.69) is 81.4 Å². The van der Waals surface area contributed by atoms with Crippen LogP contribution in [0.15, 0.2) is 109 Å². The summed E-state index contributed by atoms with van der Waals surface area (Å²) in [5.41, 5.74) is 11.8. The monoisotopic (exact) mass is 842 g/mol. The van der Waals surface area contributed by atoms with Crippen LogP contribution in [0.2, 0.25) is 0 Å². The number of rotatable bonds is 13. The van der Waals surface area contributed by atoms with Gasteiger partial charge in [-0.1, -0.05) is 126 Å². The molecule has 0 aromatic heterocycles. The topological polar surface area (TPSA) is 55.4 Å². The number of hydrogen-bond donors (Lipinski definition) is 0. The molecule has 0 saturated carbocycles. The van der Waals surface area contributed by atoms with E-state index in [1.807, 2.05) is 125 Å². The Morgan fingerprint density at radius 1 is 0.333 bits per heavy atom. The molecule has 0 atom stereocenters. The van der Waals surface area contributed by atoms with Crippen molar-refractivity contribution < 1.29 is 27.1 Å². The van der Waals surface area contributed by atoms with Crippen molar-refractivity contribution in [2.45, 2.75) is 108 Å². The third-order valence-electron chi connectivity index (χ3n) is 10.7. The molecule has 60 heavy (non-hydrogen) atoms. The quantitative estimate of drug-likeness (QED) is 0.108. The van der Waals surface area contributed by atoms with Crippen LogP contribution in [0.4, 0.5) is 0 Å². The molecule has 0 saturated heterocycles. The highest BCUT2D eigenvalue weighted by Gasteiger charge is 2.34. The van der Waals surface area contributed by atoms with Gasteiger partial charge in [-0.3, -0.25) is 0 Å². The van der Waals surface area contributed by atoms with Gasteiger partial charge in [0.2, 0.25) is 0 Å². The van der Waals surface area contributed by atoms with E-state index < -0.39 is 17.2 Å². The lowest BCUT2D eigenvalue weighted by molar-refractivity contribution is 0.382. The minimum atomic E-state index is -2.03. The highest BCUT2D eigenvalue weighted by Crippen LogP contribution is 2.56. The Bertz CT molecular complexity index is 2210. The third-order valence-corrected chi connectivity index (χ3v) is 12.8. The van der Waals surface area contributed by atoms with Crippen molar-refractivity contribution in [3.05, 3.63) is 165 Å². The molecule has 0 aliphatic heterocycles. The van der Waals surface area contributed by atoms with E-state index in [4.69, 9.17) is 27.1 Å². The second kappa shape index (κ2) is 18.3. The average molecular weight is 843 g/mol. The number of para-hydroxylation sites is 4. The first-order valence-corrected chi connectivity index (χ1v) is 22.7. The van der Waals surface area contributed by atoms with Gasteiger partial charge in [-0.15, -0.1) is 0 Å². The number of aryl methyl sites for hydroxylation is 6. The van der Waals surface area contributed by atoms with E-state index >= 15 is 0 Å². The van der Waals surface area contributed by atoms with Gasteiger partial charge in [-0.25, -0.2) is 0 Å². The van der Waals surface area contributed by atoms with Crippen LogP contribution in [0.5, 0.6) is 34.5 Å². The highest BCUT2D eigenvalue weighted by atomic mass is 31.2. The zero-order chi connectivity index (χ0) is 43.5. The molecular weight excluding hydrogens is 783 g/mol. The van der Waals surface area contributed by atoms with Crippen molar-refractivity contribution in [2.75, 3.05) is 0 Å². The van der Waals surface area contributed by atoms with Gasteiger partial charge in [0.1, 0.15) is 34.5 Å². The molecule has 0 heterocycles. The fraction of sp³-hybridized carbons (Fsp3) is 0.308. The standard InChI is InChI=1S/C52H60O6P2/c1-33-23-15-19-27-43(33)53-59(54-44-28-20-16-24-34(44)2)57-49-37(5)31-41(51(9,10)11)39(7)47(49)48-40(8)42(52(12,13)14)32-38(6)50(48)58-60(55-45-29-21-17-25-35(45)3)56-46-30-22-18-26-36(46)4/h15-32H,1-14H3. The summed E-state index contributed by atoms with van der Waals surface area (Å²) in [5, 5.41) is 0. The van der Waals surface area contributed by atoms with Gasteiger partial charge >= 0.3 is 17.2 Å². The minimum absolute atomic E-state index is 0.192. The molecule has 314 valence electrons. The van der Waals surface area contributed by atoms with Gasteiger partial charge in [0, 0.05) is 11.1 Å². The maximum absolute atomic E-state index is 7.21. The third kappa shape index (κ3) is 10.1. The van der Waals surface area contributed by atoms with Crippen LogP contribution < -0.4 is 27.1 Å². The van der Waals surface area contributed by atoms with Crippen LogP contribution in [-0.2, 0) is 10.8 Å². The maximum Gasteiger partial charge on any atom is 0.530 e. The zero-order valence-electron chi connectivity index (χ0n) is 37.7. The van der Waals surface area contributed by atoms with Crippen LogP contribution in [0.1, 0.15) is 97.2 Å². The highest BCUT2D eigenvalue weighted by molar-refractivity contribution is 7.43. The molecule has 0 fully saturated rings. The molecule has 6 nitrogen and oxygen atoms in total. The Morgan fingerprint density at radius 3 is 0.817 bits per heavy atom. The second-order valence-corrected chi connectivity index (χ2v) is 19.7. The van der Waals surface area contributed by atoms with Gasteiger partial charge in [0.25, 0.3) is 0 Å². The summed E-state index contributed by atoms with van der Waals surface area (Å²) < 4.78 is 41.3. The zero-order valence-corrected chi connectivity index (χ0v) is 39.5. The summed E-state index contributed by atoms with van der Waals surface area (Å²) in [6.07, 6.45) is 0. The molecular formula is C52H60O6P2. The fourth-order valence-electron chi connectivity index (χ4n) is 7.40. The molecule has 0 amide bonds. The van der Waals surface area contributed by atoms with Gasteiger partial charge < -0.3 is 27.1 Å². The van der Waals surface area contributed by atoms with E-state index in [1.54, 1.807) is 0 Å². The summed E-state index contributed by atoms with van der Waals surface area (Å²) in [5.74, 6) is 4.09. The summed E-state index contributed by atoms with van der Waals surface area (Å²) in [4.78, 5) is 0. The predicted molar refractivity (Wildman–Crippen MR) is 251 cm³/mol. The Kier molecular flexibility index (Phi) is 13.6. The lowest BCUT2D eigenvalue weighted by Gasteiger charge is -2.32. The van der Waals surface area contributed by atoms with Crippen molar-refractivity contribution in [1.29, 1.82) is 0 Å². The Labute approximate surface area is 361 Å². The molecule has 6 rings (SSSR count). The molecule has 0 bridgehead atoms. The lowest BCUT2D eigenvalue weighted by Crippen LogP contribution is -2.17. The van der Waals surface area contributed by atoms with Crippen molar-refractivity contribution in [2.24, 2.45) is 0 Å². The van der Waals surface area contributed by atoms with Crippen LogP contribution >= 0.6 is 17.2 Å². The lowest BCUT2D eigenvalue weighted by atomic mass is 9.76. The summed E-state index contributed by atoms with van der Waals surface area (Å²) in [6.45, 7) is 30.2.